The molecule has 1 saturated heterocycles. The van der Waals surface area contributed by atoms with E-state index in [0.717, 1.165) is 12.0 Å². The van der Waals surface area contributed by atoms with Crippen molar-refractivity contribution in [2.24, 2.45) is 11.8 Å². The van der Waals surface area contributed by atoms with Gasteiger partial charge in [-0.05, 0) is 67.1 Å². The van der Waals surface area contributed by atoms with Gasteiger partial charge in [0.15, 0.2) is 0 Å². The second kappa shape index (κ2) is 8.01. The summed E-state index contributed by atoms with van der Waals surface area (Å²) >= 11 is 0. The van der Waals surface area contributed by atoms with Crippen molar-refractivity contribution in [3.8, 4) is 0 Å². The smallest absolute Gasteiger partial charge is 0.255 e. The summed E-state index contributed by atoms with van der Waals surface area (Å²) in [5.74, 6) is -0.221. The van der Waals surface area contributed by atoms with Crippen LogP contribution < -0.4 is 5.32 Å². The van der Waals surface area contributed by atoms with Gasteiger partial charge in [-0.15, -0.1) is 0 Å². The highest BCUT2D eigenvalue weighted by Crippen LogP contribution is 2.27. The van der Waals surface area contributed by atoms with Gasteiger partial charge in [0.25, 0.3) is 5.91 Å². The first-order valence-electron chi connectivity index (χ1n) is 9.34. The largest absolute Gasteiger partial charge is 0.322 e. The molecule has 2 aromatic rings. The van der Waals surface area contributed by atoms with Gasteiger partial charge in [-0.1, -0.05) is 19.9 Å². The second-order valence-corrected chi connectivity index (χ2v) is 9.64. The summed E-state index contributed by atoms with van der Waals surface area (Å²) in [5.41, 5.74) is 1.43. The number of hydrogen-bond donors (Lipinski definition) is 1. The number of carbonyl (C=O) groups excluding carboxylic acids is 1. The maximum atomic E-state index is 13.4. The van der Waals surface area contributed by atoms with Crippen molar-refractivity contribution in [3.05, 3.63) is 59.4 Å². The summed E-state index contributed by atoms with van der Waals surface area (Å²) in [6.45, 7) is 6.90. The quantitative estimate of drug-likeness (QED) is 0.836. The number of carbonyl (C=O) groups is 1. The molecule has 0 aliphatic carbocycles. The third kappa shape index (κ3) is 4.42. The molecule has 0 bridgehead atoms. The van der Waals surface area contributed by atoms with E-state index in [-0.39, 0.29) is 4.90 Å². The molecule has 0 radical (unpaired) electrons. The molecule has 7 heteroatoms. The number of piperidine rings is 1. The minimum Gasteiger partial charge on any atom is -0.322 e. The summed E-state index contributed by atoms with van der Waals surface area (Å²) in [7, 11) is -3.59. The molecule has 1 aliphatic rings. The minimum atomic E-state index is -3.59. The van der Waals surface area contributed by atoms with Crippen molar-refractivity contribution in [1.82, 2.24) is 4.31 Å². The second-order valence-electron chi connectivity index (χ2n) is 7.71. The van der Waals surface area contributed by atoms with Crippen LogP contribution in [0.15, 0.2) is 47.4 Å². The van der Waals surface area contributed by atoms with E-state index in [4.69, 9.17) is 0 Å². The average Bonchev–Trinajstić information content (AvgIpc) is 2.64. The van der Waals surface area contributed by atoms with Crippen molar-refractivity contribution in [2.45, 2.75) is 32.1 Å². The average molecular weight is 405 g/mol. The van der Waals surface area contributed by atoms with E-state index in [1.807, 2.05) is 0 Å². The van der Waals surface area contributed by atoms with Crippen LogP contribution in [-0.2, 0) is 10.0 Å². The third-order valence-corrected chi connectivity index (χ3v) is 6.88. The number of sulfonamides is 1. The molecule has 0 saturated carbocycles. The molecule has 5 nitrogen and oxygen atoms in total. The highest BCUT2D eigenvalue weighted by atomic mass is 32.2. The Balaban J connectivity index is 1.77. The zero-order valence-electron chi connectivity index (χ0n) is 16.3. The Hall–Kier alpha value is -2.25. The van der Waals surface area contributed by atoms with Gasteiger partial charge in [-0.2, -0.15) is 4.31 Å². The van der Waals surface area contributed by atoms with Gasteiger partial charge in [0, 0.05) is 24.3 Å². The number of benzene rings is 2. The highest BCUT2D eigenvalue weighted by Gasteiger charge is 2.31. The van der Waals surface area contributed by atoms with Gasteiger partial charge >= 0.3 is 0 Å². The van der Waals surface area contributed by atoms with Crippen LogP contribution in [0.4, 0.5) is 10.1 Å². The summed E-state index contributed by atoms with van der Waals surface area (Å²) in [5, 5.41) is 2.66. The van der Waals surface area contributed by atoms with Crippen LogP contribution in [-0.4, -0.2) is 31.7 Å². The van der Waals surface area contributed by atoms with Crippen LogP contribution in [0.5, 0.6) is 0 Å². The molecule has 28 heavy (non-hydrogen) atoms. The fraction of sp³-hybridized carbons (Fsp3) is 0.381. The molecule has 3 rings (SSSR count). The van der Waals surface area contributed by atoms with Gasteiger partial charge in [0.1, 0.15) is 5.82 Å². The van der Waals surface area contributed by atoms with Crippen LogP contribution in [0.25, 0.3) is 0 Å². The van der Waals surface area contributed by atoms with E-state index >= 15 is 0 Å². The Morgan fingerprint density at radius 2 is 1.68 bits per heavy atom. The van der Waals surface area contributed by atoms with Crippen molar-refractivity contribution in [3.63, 3.8) is 0 Å². The first-order valence-corrected chi connectivity index (χ1v) is 10.8. The fourth-order valence-corrected chi connectivity index (χ4v) is 5.33. The van der Waals surface area contributed by atoms with Crippen molar-refractivity contribution < 1.29 is 17.6 Å². The molecule has 0 unspecified atom stereocenters. The molecular weight excluding hydrogens is 379 g/mol. The van der Waals surface area contributed by atoms with E-state index in [2.05, 4.69) is 19.2 Å². The molecular formula is C21H25FN2O3S. The van der Waals surface area contributed by atoms with Crippen LogP contribution in [0, 0.1) is 24.6 Å². The Kier molecular flexibility index (Phi) is 5.86. The van der Waals surface area contributed by atoms with Crippen LogP contribution in [0.1, 0.15) is 36.2 Å². The van der Waals surface area contributed by atoms with Gasteiger partial charge in [-0.3, -0.25) is 4.79 Å². The Morgan fingerprint density at radius 3 is 2.29 bits per heavy atom. The zero-order valence-corrected chi connectivity index (χ0v) is 17.1. The van der Waals surface area contributed by atoms with Crippen LogP contribution in [0.2, 0.25) is 0 Å². The number of aryl methyl sites for hydroxylation is 1. The van der Waals surface area contributed by atoms with Crippen molar-refractivity contribution in [2.75, 3.05) is 18.4 Å². The van der Waals surface area contributed by atoms with Crippen LogP contribution in [0.3, 0.4) is 0 Å². The number of nitrogens with one attached hydrogen (secondary N) is 1. The summed E-state index contributed by atoms with van der Waals surface area (Å²) < 4.78 is 40.8. The molecule has 1 fully saturated rings. The lowest BCUT2D eigenvalue weighted by Crippen LogP contribution is -2.42. The number of halogens is 1. The van der Waals surface area contributed by atoms with Crippen LogP contribution >= 0.6 is 0 Å². The maximum Gasteiger partial charge on any atom is 0.255 e. The van der Waals surface area contributed by atoms with E-state index in [1.54, 1.807) is 13.0 Å². The number of amides is 1. The topological polar surface area (TPSA) is 66.5 Å². The predicted molar refractivity (Wildman–Crippen MR) is 107 cm³/mol. The maximum absolute atomic E-state index is 13.4. The zero-order chi connectivity index (χ0) is 20.5. The predicted octanol–water partition coefficient (Wildman–Crippen LogP) is 4.05. The lowest BCUT2D eigenvalue weighted by atomic mass is 9.94. The SMILES string of the molecule is Cc1ccc(F)cc1NC(=O)c1ccc(S(=O)(=O)N2C[C@H](C)C[C@H](C)C2)cc1. The summed E-state index contributed by atoms with van der Waals surface area (Å²) in [6.07, 6.45) is 1.02. The van der Waals surface area contributed by atoms with Gasteiger partial charge in [0.05, 0.1) is 4.90 Å². The molecule has 1 N–H and O–H groups in total. The lowest BCUT2D eigenvalue weighted by Gasteiger charge is -2.34. The summed E-state index contributed by atoms with van der Waals surface area (Å²) in [6, 6.07) is 10.0. The van der Waals surface area contributed by atoms with E-state index in [1.165, 1.54) is 40.7 Å². The minimum absolute atomic E-state index is 0.173. The molecule has 2 aromatic carbocycles. The lowest BCUT2D eigenvalue weighted by molar-refractivity contribution is 0.102. The molecule has 1 amide bonds. The Labute approximate surface area is 165 Å². The summed E-state index contributed by atoms with van der Waals surface area (Å²) in [4.78, 5) is 12.6. The van der Waals surface area contributed by atoms with Crippen molar-refractivity contribution in [1.29, 1.82) is 0 Å². The molecule has 1 aliphatic heterocycles. The molecule has 150 valence electrons. The standard InChI is InChI=1S/C21H25FN2O3S/c1-14-10-15(2)13-24(12-14)28(26,27)19-8-5-17(6-9-19)21(25)23-20-11-18(22)7-4-16(20)3/h4-9,11,14-15H,10,12-13H2,1-3H3,(H,23,25)/t14-,15+. The van der Waals surface area contributed by atoms with E-state index in [0.29, 0.717) is 36.2 Å². The molecule has 1 heterocycles. The normalized spacial score (nSPS) is 20.7. The molecule has 2 atom stereocenters. The number of hydrogen-bond acceptors (Lipinski definition) is 3. The first kappa shape index (κ1) is 20.5. The van der Waals surface area contributed by atoms with Gasteiger partial charge in [0.2, 0.25) is 10.0 Å². The third-order valence-electron chi connectivity index (χ3n) is 5.04. The molecule has 0 spiro atoms. The fourth-order valence-electron chi connectivity index (χ4n) is 3.65. The Morgan fingerprint density at radius 1 is 1.07 bits per heavy atom. The van der Waals surface area contributed by atoms with E-state index < -0.39 is 21.7 Å². The number of anilines is 1. The molecule has 0 aromatic heterocycles. The highest BCUT2D eigenvalue weighted by molar-refractivity contribution is 7.89. The van der Waals surface area contributed by atoms with Gasteiger partial charge < -0.3 is 5.32 Å². The van der Waals surface area contributed by atoms with Crippen molar-refractivity contribution >= 4 is 21.6 Å². The number of nitrogens with zero attached hydrogens (tertiary/aromatic N) is 1. The number of rotatable bonds is 4. The monoisotopic (exact) mass is 404 g/mol. The van der Waals surface area contributed by atoms with E-state index in [9.17, 15) is 17.6 Å². The Bertz CT molecular complexity index is 964. The first-order chi connectivity index (χ1) is 13.2. The van der Waals surface area contributed by atoms with Gasteiger partial charge in [-0.25, -0.2) is 12.8 Å².